The van der Waals surface area contributed by atoms with Gasteiger partial charge in [0.15, 0.2) is 5.84 Å². The van der Waals surface area contributed by atoms with E-state index in [0.29, 0.717) is 30.9 Å². The number of nitrogens with one attached hydrogen (secondary N) is 1. The number of carbonyl (C=O) groups is 1. The Kier molecular flexibility index (Phi) is 5.18. The molecule has 0 bridgehead atoms. The summed E-state index contributed by atoms with van der Waals surface area (Å²) in [5.74, 6) is 1.01. The van der Waals surface area contributed by atoms with Gasteiger partial charge in [-0.05, 0) is 51.2 Å². The summed E-state index contributed by atoms with van der Waals surface area (Å²) in [7, 11) is 0.141. The number of hydrogen-bond acceptors (Lipinski definition) is 6. The SMILES string of the molecule is CN(C)C(CNC(=O)[C@@H]1CCCN1C1=NS(=O)(=O)c2ccccc21)c1ccco1. The number of fused-ring (bicyclic) bond motifs is 1. The van der Waals surface area contributed by atoms with Crippen LogP contribution in [0, 0.1) is 0 Å². The summed E-state index contributed by atoms with van der Waals surface area (Å²) in [6, 6.07) is 9.92. The molecule has 154 valence electrons. The number of carbonyl (C=O) groups excluding carboxylic acids is 1. The third-order valence-electron chi connectivity index (χ3n) is 5.40. The maximum Gasteiger partial charge on any atom is 0.285 e. The van der Waals surface area contributed by atoms with E-state index in [0.717, 1.165) is 12.2 Å². The molecule has 0 aliphatic carbocycles. The topological polar surface area (TPSA) is 95.2 Å². The zero-order chi connectivity index (χ0) is 20.6. The first-order chi connectivity index (χ1) is 13.9. The van der Waals surface area contributed by atoms with Crippen LogP contribution in [0.15, 0.2) is 56.4 Å². The van der Waals surface area contributed by atoms with Gasteiger partial charge in [0.1, 0.15) is 16.7 Å². The standard InChI is InChI=1S/C20H24N4O4S/c1-23(2)16(17-9-6-12-28-17)13-21-20(25)15-8-5-11-24(15)19-14-7-3-4-10-18(14)29(26,27)22-19/h3-4,6-7,9-10,12,15-16H,5,8,11,13H2,1-2H3,(H,21,25)/t15-,16?/m0/s1. The first kappa shape index (κ1) is 19.7. The fraction of sp³-hybridized carbons (Fsp3) is 0.400. The molecule has 1 fully saturated rings. The van der Waals surface area contributed by atoms with Gasteiger partial charge in [0.05, 0.1) is 12.3 Å². The summed E-state index contributed by atoms with van der Waals surface area (Å²) in [5.41, 5.74) is 0.564. The molecule has 0 saturated carbocycles. The quantitative estimate of drug-likeness (QED) is 0.796. The molecule has 1 amide bonds. The second-order valence-electron chi connectivity index (χ2n) is 7.48. The Morgan fingerprint density at radius 3 is 2.83 bits per heavy atom. The van der Waals surface area contributed by atoms with Crippen LogP contribution in [0.1, 0.15) is 30.2 Å². The van der Waals surface area contributed by atoms with Crippen LogP contribution < -0.4 is 5.32 Å². The van der Waals surface area contributed by atoms with Crippen LogP contribution in [0.2, 0.25) is 0 Å². The normalized spacial score (nSPS) is 21.1. The van der Waals surface area contributed by atoms with Crippen molar-refractivity contribution in [1.82, 2.24) is 15.1 Å². The monoisotopic (exact) mass is 416 g/mol. The van der Waals surface area contributed by atoms with E-state index in [1.165, 1.54) is 0 Å². The van der Waals surface area contributed by atoms with E-state index >= 15 is 0 Å². The molecule has 1 aromatic carbocycles. The maximum absolute atomic E-state index is 13.0. The first-order valence-corrected chi connectivity index (χ1v) is 11.0. The number of hydrogen-bond donors (Lipinski definition) is 1. The third-order valence-corrected chi connectivity index (χ3v) is 6.73. The van der Waals surface area contributed by atoms with Gasteiger partial charge in [-0.2, -0.15) is 8.42 Å². The van der Waals surface area contributed by atoms with Gasteiger partial charge in [-0.25, -0.2) is 0 Å². The van der Waals surface area contributed by atoms with E-state index in [4.69, 9.17) is 4.42 Å². The van der Waals surface area contributed by atoms with E-state index in [-0.39, 0.29) is 16.8 Å². The van der Waals surface area contributed by atoms with Crippen molar-refractivity contribution >= 4 is 21.8 Å². The van der Waals surface area contributed by atoms with Gasteiger partial charge in [0, 0.05) is 18.7 Å². The van der Waals surface area contributed by atoms with Crippen molar-refractivity contribution < 1.29 is 17.6 Å². The van der Waals surface area contributed by atoms with Crippen molar-refractivity contribution in [2.24, 2.45) is 4.40 Å². The molecule has 4 rings (SSSR count). The average molecular weight is 417 g/mol. The molecule has 8 nitrogen and oxygen atoms in total. The molecule has 2 aromatic rings. The van der Waals surface area contributed by atoms with Crippen LogP contribution >= 0.6 is 0 Å². The number of rotatable bonds is 5. The van der Waals surface area contributed by atoms with Crippen molar-refractivity contribution in [2.75, 3.05) is 27.2 Å². The number of benzene rings is 1. The Hall–Kier alpha value is -2.65. The van der Waals surface area contributed by atoms with Gasteiger partial charge in [-0.3, -0.25) is 9.69 Å². The highest BCUT2D eigenvalue weighted by molar-refractivity contribution is 7.90. The molecule has 1 N–H and O–H groups in total. The van der Waals surface area contributed by atoms with E-state index < -0.39 is 16.1 Å². The second-order valence-corrected chi connectivity index (χ2v) is 9.05. The predicted molar refractivity (Wildman–Crippen MR) is 108 cm³/mol. The highest BCUT2D eigenvalue weighted by Crippen LogP contribution is 2.31. The molecule has 3 heterocycles. The van der Waals surface area contributed by atoms with Crippen molar-refractivity contribution in [3.05, 3.63) is 54.0 Å². The van der Waals surface area contributed by atoms with E-state index in [1.807, 2.05) is 36.0 Å². The zero-order valence-corrected chi connectivity index (χ0v) is 17.2. The minimum atomic E-state index is -3.71. The molecule has 1 aromatic heterocycles. The fourth-order valence-corrected chi connectivity index (χ4v) is 5.14. The first-order valence-electron chi connectivity index (χ1n) is 9.57. The van der Waals surface area contributed by atoms with Crippen LogP contribution in [0.25, 0.3) is 0 Å². The van der Waals surface area contributed by atoms with Crippen LogP contribution in [-0.2, 0) is 14.8 Å². The Labute approximate surface area is 170 Å². The van der Waals surface area contributed by atoms with Crippen molar-refractivity contribution in [3.8, 4) is 0 Å². The number of likely N-dealkylation sites (N-methyl/N-ethyl adjacent to an activating group) is 1. The molecular formula is C20H24N4O4S. The lowest BCUT2D eigenvalue weighted by atomic mass is 10.1. The minimum absolute atomic E-state index is 0.0891. The number of sulfonamides is 1. The Morgan fingerprint density at radius 1 is 1.31 bits per heavy atom. The van der Waals surface area contributed by atoms with Gasteiger partial charge in [-0.15, -0.1) is 4.40 Å². The smallest absolute Gasteiger partial charge is 0.285 e. The summed E-state index contributed by atoms with van der Waals surface area (Å²) in [5, 5.41) is 3.01. The summed E-state index contributed by atoms with van der Waals surface area (Å²) >= 11 is 0. The van der Waals surface area contributed by atoms with Crippen molar-refractivity contribution in [1.29, 1.82) is 0 Å². The van der Waals surface area contributed by atoms with Crippen LogP contribution in [0.5, 0.6) is 0 Å². The molecule has 2 aliphatic heterocycles. The zero-order valence-electron chi connectivity index (χ0n) is 16.4. The Bertz CT molecular complexity index is 1030. The van der Waals surface area contributed by atoms with Gasteiger partial charge < -0.3 is 14.6 Å². The van der Waals surface area contributed by atoms with Crippen LogP contribution in [0.3, 0.4) is 0 Å². The molecule has 29 heavy (non-hydrogen) atoms. The lowest BCUT2D eigenvalue weighted by Crippen LogP contribution is -2.47. The summed E-state index contributed by atoms with van der Waals surface area (Å²) < 4.78 is 34.2. The number of likely N-dealkylation sites (tertiary alicyclic amines) is 1. The summed E-state index contributed by atoms with van der Waals surface area (Å²) in [6.45, 7) is 0.987. The third kappa shape index (κ3) is 3.67. The molecule has 9 heteroatoms. The number of furan rings is 1. The minimum Gasteiger partial charge on any atom is -0.468 e. The molecule has 0 spiro atoms. The highest BCUT2D eigenvalue weighted by atomic mass is 32.2. The lowest BCUT2D eigenvalue weighted by molar-refractivity contribution is -0.124. The Morgan fingerprint density at radius 2 is 2.10 bits per heavy atom. The highest BCUT2D eigenvalue weighted by Gasteiger charge is 2.39. The number of amidine groups is 1. The Balaban J connectivity index is 1.51. The van der Waals surface area contributed by atoms with Crippen LogP contribution in [0.4, 0.5) is 0 Å². The molecule has 2 atom stereocenters. The van der Waals surface area contributed by atoms with E-state index in [2.05, 4.69) is 9.71 Å². The average Bonchev–Trinajstić information content (AvgIpc) is 3.42. The summed E-state index contributed by atoms with van der Waals surface area (Å²) in [4.78, 5) is 17.0. The van der Waals surface area contributed by atoms with Crippen molar-refractivity contribution in [3.63, 3.8) is 0 Å². The van der Waals surface area contributed by atoms with Crippen LogP contribution in [-0.4, -0.2) is 63.2 Å². The van der Waals surface area contributed by atoms with Crippen molar-refractivity contribution in [2.45, 2.75) is 29.8 Å². The van der Waals surface area contributed by atoms with E-state index in [1.54, 1.807) is 30.5 Å². The maximum atomic E-state index is 13.0. The predicted octanol–water partition coefficient (Wildman–Crippen LogP) is 1.61. The largest absolute Gasteiger partial charge is 0.468 e. The van der Waals surface area contributed by atoms with Gasteiger partial charge in [-0.1, -0.05) is 12.1 Å². The second kappa shape index (κ2) is 7.64. The van der Waals surface area contributed by atoms with Gasteiger partial charge >= 0.3 is 0 Å². The molecule has 0 radical (unpaired) electrons. The molecule has 1 unspecified atom stereocenters. The summed E-state index contributed by atoms with van der Waals surface area (Å²) in [6.07, 6.45) is 3.07. The van der Waals surface area contributed by atoms with Gasteiger partial charge in [0.2, 0.25) is 5.91 Å². The molecular weight excluding hydrogens is 392 g/mol. The lowest BCUT2D eigenvalue weighted by Gasteiger charge is -2.27. The molecule has 1 saturated heterocycles. The number of nitrogens with zero attached hydrogens (tertiary/aromatic N) is 3. The fourth-order valence-electron chi connectivity index (χ4n) is 3.92. The van der Waals surface area contributed by atoms with Gasteiger partial charge in [0.25, 0.3) is 10.0 Å². The van der Waals surface area contributed by atoms with E-state index in [9.17, 15) is 13.2 Å². The molecule has 2 aliphatic rings. The number of amides is 1.